The molecule has 2 rings (SSSR count). The van der Waals surface area contributed by atoms with E-state index < -0.39 is 0 Å². The van der Waals surface area contributed by atoms with E-state index in [9.17, 15) is 4.79 Å². The molecular weight excluding hydrogens is 276 g/mol. The van der Waals surface area contributed by atoms with Crippen molar-refractivity contribution in [3.8, 4) is 0 Å². The van der Waals surface area contributed by atoms with Crippen LogP contribution in [0.1, 0.15) is 18.5 Å². The van der Waals surface area contributed by atoms with Gasteiger partial charge in [-0.3, -0.25) is 9.48 Å². The highest BCUT2D eigenvalue weighted by Crippen LogP contribution is 2.20. The monoisotopic (exact) mass is 292 g/mol. The summed E-state index contributed by atoms with van der Waals surface area (Å²) in [7, 11) is 1.60. The summed E-state index contributed by atoms with van der Waals surface area (Å²) in [5.41, 5.74) is 2.00. The van der Waals surface area contributed by atoms with Gasteiger partial charge in [0.15, 0.2) is 0 Å². The highest BCUT2D eigenvalue weighted by Gasteiger charge is 2.07. The van der Waals surface area contributed by atoms with Gasteiger partial charge in [0.2, 0.25) is 5.91 Å². The summed E-state index contributed by atoms with van der Waals surface area (Å²) in [6.45, 7) is 2.27. The first-order chi connectivity index (χ1) is 9.58. The van der Waals surface area contributed by atoms with Crippen LogP contribution < -0.4 is 10.6 Å². The van der Waals surface area contributed by atoms with E-state index in [2.05, 4.69) is 22.7 Å². The normalized spacial score (nSPS) is 11.9. The Hall–Kier alpha value is -2.01. The average Bonchev–Trinajstić information content (AvgIpc) is 2.86. The third-order valence-corrected chi connectivity index (χ3v) is 3.22. The fourth-order valence-electron chi connectivity index (χ4n) is 1.84. The lowest BCUT2D eigenvalue weighted by Crippen LogP contribution is -2.23. The Bertz CT molecular complexity index is 579. The number of hydrogen-bond acceptors (Lipinski definition) is 3. The second-order valence-corrected chi connectivity index (χ2v) is 4.95. The predicted octanol–water partition coefficient (Wildman–Crippen LogP) is 2.46. The van der Waals surface area contributed by atoms with E-state index in [1.165, 1.54) is 0 Å². The van der Waals surface area contributed by atoms with Crippen LogP contribution in [0.4, 0.5) is 5.69 Å². The van der Waals surface area contributed by atoms with Gasteiger partial charge in [-0.25, -0.2) is 0 Å². The van der Waals surface area contributed by atoms with Gasteiger partial charge in [0, 0.05) is 24.3 Å². The standard InChI is InChI=1S/C14H17ClN4O/c1-10(11-3-5-12(15)6-4-11)18-13-7-17-19(8-13)9-14(20)16-2/h3-8,10,18H,9H2,1-2H3,(H,16,20). The van der Waals surface area contributed by atoms with Crippen LogP contribution in [-0.2, 0) is 11.3 Å². The fourth-order valence-corrected chi connectivity index (χ4v) is 1.96. The second-order valence-electron chi connectivity index (χ2n) is 4.52. The minimum absolute atomic E-state index is 0.0783. The molecule has 0 radical (unpaired) electrons. The predicted molar refractivity (Wildman–Crippen MR) is 79.8 cm³/mol. The molecule has 0 fully saturated rings. The molecule has 0 aliphatic rings. The molecule has 6 heteroatoms. The third-order valence-electron chi connectivity index (χ3n) is 2.97. The van der Waals surface area contributed by atoms with Gasteiger partial charge in [-0.05, 0) is 24.6 Å². The Morgan fingerprint density at radius 3 is 2.75 bits per heavy atom. The SMILES string of the molecule is CNC(=O)Cn1cc(NC(C)c2ccc(Cl)cc2)cn1. The summed E-state index contributed by atoms with van der Waals surface area (Å²) in [4.78, 5) is 11.3. The molecule has 0 bridgehead atoms. The molecule has 5 nitrogen and oxygen atoms in total. The molecule has 1 heterocycles. The van der Waals surface area contributed by atoms with E-state index in [4.69, 9.17) is 11.6 Å². The molecule has 2 aromatic rings. The molecular formula is C14H17ClN4O. The van der Waals surface area contributed by atoms with Gasteiger partial charge in [-0.15, -0.1) is 0 Å². The topological polar surface area (TPSA) is 59.0 Å². The zero-order valence-corrected chi connectivity index (χ0v) is 12.2. The van der Waals surface area contributed by atoms with Gasteiger partial charge in [0.05, 0.1) is 11.9 Å². The van der Waals surface area contributed by atoms with Gasteiger partial charge < -0.3 is 10.6 Å². The van der Waals surface area contributed by atoms with Crippen LogP contribution in [0, 0.1) is 0 Å². The molecule has 20 heavy (non-hydrogen) atoms. The Balaban J connectivity index is 1.99. The molecule has 0 aliphatic heterocycles. The van der Waals surface area contributed by atoms with E-state index in [0.717, 1.165) is 16.3 Å². The fraction of sp³-hybridized carbons (Fsp3) is 0.286. The first-order valence-corrected chi connectivity index (χ1v) is 6.71. The maximum atomic E-state index is 11.3. The molecule has 1 aromatic carbocycles. The van der Waals surface area contributed by atoms with Crippen molar-refractivity contribution in [3.05, 3.63) is 47.2 Å². The first kappa shape index (κ1) is 14.4. The number of carbonyl (C=O) groups is 1. The number of likely N-dealkylation sites (N-methyl/N-ethyl adjacent to an activating group) is 1. The van der Waals surface area contributed by atoms with Gasteiger partial charge in [-0.1, -0.05) is 23.7 Å². The summed E-state index contributed by atoms with van der Waals surface area (Å²) in [6.07, 6.45) is 3.51. The van der Waals surface area contributed by atoms with Gasteiger partial charge >= 0.3 is 0 Å². The second kappa shape index (κ2) is 6.43. The molecule has 0 spiro atoms. The quantitative estimate of drug-likeness (QED) is 0.890. The highest BCUT2D eigenvalue weighted by atomic mass is 35.5. The van der Waals surface area contributed by atoms with Gasteiger partial charge in [0.1, 0.15) is 6.54 Å². The van der Waals surface area contributed by atoms with E-state index >= 15 is 0 Å². The van der Waals surface area contributed by atoms with E-state index in [0.29, 0.717) is 0 Å². The number of nitrogens with zero attached hydrogens (tertiary/aromatic N) is 2. The van der Waals surface area contributed by atoms with Crippen molar-refractivity contribution in [1.29, 1.82) is 0 Å². The smallest absolute Gasteiger partial charge is 0.241 e. The summed E-state index contributed by atoms with van der Waals surface area (Å²) < 4.78 is 1.59. The van der Waals surface area contributed by atoms with Crippen LogP contribution in [0.5, 0.6) is 0 Å². The summed E-state index contributed by atoms with van der Waals surface area (Å²) in [6, 6.07) is 7.82. The van der Waals surface area contributed by atoms with E-state index in [1.54, 1.807) is 17.9 Å². The summed E-state index contributed by atoms with van der Waals surface area (Å²) >= 11 is 5.87. The van der Waals surface area contributed by atoms with Crippen LogP contribution in [0.3, 0.4) is 0 Å². The highest BCUT2D eigenvalue weighted by molar-refractivity contribution is 6.30. The lowest BCUT2D eigenvalue weighted by atomic mass is 10.1. The van der Waals surface area contributed by atoms with Crippen LogP contribution >= 0.6 is 11.6 Å². The lowest BCUT2D eigenvalue weighted by Gasteiger charge is -2.14. The average molecular weight is 293 g/mol. The third kappa shape index (κ3) is 3.74. The number of hydrogen-bond donors (Lipinski definition) is 2. The zero-order valence-electron chi connectivity index (χ0n) is 11.4. The van der Waals surface area contributed by atoms with Crippen LogP contribution in [0.2, 0.25) is 5.02 Å². The van der Waals surface area contributed by atoms with Crippen molar-refractivity contribution in [3.63, 3.8) is 0 Å². The van der Waals surface area contributed by atoms with Gasteiger partial charge in [-0.2, -0.15) is 5.10 Å². The van der Waals surface area contributed by atoms with Crippen molar-refractivity contribution in [2.45, 2.75) is 19.5 Å². The number of amides is 1. The van der Waals surface area contributed by atoms with E-state index in [-0.39, 0.29) is 18.5 Å². The molecule has 1 atom stereocenters. The molecule has 2 N–H and O–H groups in total. The van der Waals surface area contributed by atoms with Crippen molar-refractivity contribution >= 4 is 23.2 Å². The Morgan fingerprint density at radius 2 is 2.10 bits per heavy atom. The lowest BCUT2D eigenvalue weighted by molar-refractivity contribution is -0.121. The maximum absolute atomic E-state index is 11.3. The van der Waals surface area contributed by atoms with Crippen LogP contribution in [0.25, 0.3) is 0 Å². The maximum Gasteiger partial charge on any atom is 0.241 e. The minimum Gasteiger partial charge on any atom is -0.376 e. The Labute approximate surface area is 122 Å². The molecule has 1 amide bonds. The zero-order chi connectivity index (χ0) is 14.5. The van der Waals surface area contributed by atoms with Crippen LogP contribution in [-0.4, -0.2) is 22.7 Å². The first-order valence-electron chi connectivity index (χ1n) is 6.33. The van der Waals surface area contributed by atoms with Gasteiger partial charge in [0.25, 0.3) is 0 Å². The number of halogens is 1. The van der Waals surface area contributed by atoms with Crippen LogP contribution in [0.15, 0.2) is 36.7 Å². The van der Waals surface area contributed by atoms with E-state index in [1.807, 2.05) is 30.5 Å². The molecule has 106 valence electrons. The number of rotatable bonds is 5. The summed E-state index contributed by atoms with van der Waals surface area (Å²) in [5.74, 6) is -0.0783. The number of aromatic nitrogens is 2. The Kier molecular flexibility index (Phi) is 4.63. The summed E-state index contributed by atoms with van der Waals surface area (Å²) in [5, 5.41) is 10.8. The molecule has 0 aliphatic carbocycles. The van der Waals surface area contributed by atoms with Crippen molar-refractivity contribution in [2.75, 3.05) is 12.4 Å². The molecule has 1 aromatic heterocycles. The van der Waals surface area contributed by atoms with Crippen molar-refractivity contribution < 1.29 is 4.79 Å². The molecule has 1 unspecified atom stereocenters. The number of nitrogens with one attached hydrogen (secondary N) is 2. The largest absolute Gasteiger partial charge is 0.376 e. The number of benzene rings is 1. The van der Waals surface area contributed by atoms with Crippen molar-refractivity contribution in [1.82, 2.24) is 15.1 Å². The number of carbonyl (C=O) groups excluding carboxylic acids is 1. The Morgan fingerprint density at radius 1 is 1.40 bits per heavy atom. The molecule has 0 saturated heterocycles. The minimum atomic E-state index is -0.0783. The molecule has 0 saturated carbocycles. The number of anilines is 1. The van der Waals surface area contributed by atoms with Crippen molar-refractivity contribution in [2.24, 2.45) is 0 Å².